The molecular formula is C12H10N3O2. The molecule has 17 heavy (non-hydrogen) atoms. The third kappa shape index (κ3) is 2.57. The highest BCUT2D eigenvalue weighted by molar-refractivity contribution is 5.65. The monoisotopic (exact) mass is 228 g/mol. The lowest BCUT2D eigenvalue weighted by atomic mass is 10.3. The van der Waals surface area contributed by atoms with Crippen molar-refractivity contribution in [2.45, 2.75) is 6.92 Å². The molecule has 2 rings (SSSR count). The molecule has 0 fully saturated rings. The zero-order valence-electron chi connectivity index (χ0n) is 9.18. The molecule has 1 aromatic carbocycles. The molecular weight excluding hydrogens is 218 g/mol. The molecule has 0 aliphatic heterocycles. The van der Waals surface area contributed by atoms with E-state index in [0.29, 0.717) is 5.69 Å². The summed E-state index contributed by atoms with van der Waals surface area (Å²) < 4.78 is 0. The number of hydrogen-bond donors (Lipinski definition) is 1. The molecule has 5 heteroatoms. The van der Waals surface area contributed by atoms with Crippen LogP contribution >= 0.6 is 0 Å². The molecule has 0 spiro atoms. The second-order valence-electron chi connectivity index (χ2n) is 3.49. The summed E-state index contributed by atoms with van der Waals surface area (Å²) in [4.78, 5) is 14.5. The normalized spacial score (nSPS) is 9.94. The Morgan fingerprint density at radius 1 is 1.41 bits per heavy atom. The standard InChI is InChI=1S/C12H10N3O2/c1-9-7-8-11(15(16)17)12(13-9)14-10-5-3-2-4-6-10/h2-3,5-8H,1H3,(H,13,14). The van der Waals surface area contributed by atoms with Crippen molar-refractivity contribution in [1.29, 1.82) is 0 Å². The molecule has 0 amide bonds. The first kappa shape index (κ1) is 11.1. The maximum Gasteiger partial charge on any atom is 0.311 e. The fraction of sp³-hybridized carbons (Fsp3) is 0.0833. The zero-order chi connectivity index (χ0) is 12.3. The van der Waals surface area contributed by atoms with Gasteiger partial charge < -0.3 is 5.32 Å². The van der Waals surface area contributed by atoms with Crippen molar-refractivity contribution in [2.75, 3.05) is 5.32 Å². The molecule has 85 valence electrons. The van der Waals surface area contributed by atoms with Crippen LogP contribution in [0.2, 0.25) is 0 Å². The van der Waals surface area contributed by atoms with Crippen molar-refractivity contribution in [3.63, 3.8) is 0 Å². The van der Waals surface area contributed by atoms with Gasteiger partial charge in [-0.25, -0.2) is 4.98 Å². The summed E-state index contributed by atoms with van der Waals surface area (Å²) in [5, 5.41) is 13.8. The van der Waals surface area contributed by atoms with E-state index in [4.69, 9.17) is 0 Å². The van der Waals surface area contributed by atoms with E-state index < -0.39 is 4.92 Å². The molecule has 1 aromatic heterocycles. The molecule has 0 atom stereocenters. The van der Waals surface area contributed by atoms with E-state index in [1.165, 1.54) is 6.07 Å². The first-order valence-corrected chi connectivity index (χ1v) is 5.02. The number of hydrogen-bond acceptors (Lipinski definition) is 4. The van der Waals surface area contributed by atoms with Gasteiger partial charge in [0.15, 0.2) is 0 Å². The second kappa shape index (κ2) is 4.61. The van der Waals surface area contributed by atoms with Gasteiger partial charge in [0, 0.05) is 17.4 Å². The maximum atomic E-state index is 10.8. The van der Waals surface area contributed by atoms with Crippen molar-refractivity contribution in [2.24, 2.45) is 0 Å². The highest BCUT2D eigenvalue weighted by Crippen LogP contribution is 2.25. The molecule has 1 radical (unpaired) electrons. The Kier molecular flexibility index (Phi) is 3.00. The number of nitro groups is 1. The number of rotatable bonds is 3. The summed E-state index contributed by atoms with van der Waals surface area (Å²) in [7, 11) is 0. The smallest absolute Gasteiger partial charge is 0.311 e. The lowest BCUT2D eigenvalue weighted by Gasteiger charge is -2.06. The third-order valence-electron chi connectivity index (χ3n) is 2.18. The Balaban J connectivity index is 2.37. The third-order valence-corrected chi connectivity index (χ3v) is 2.18. The van der Waals surface area contributed by atoms with E-state index in [0.717, 1.165) is 5.69 Å². The van der Waals surface area contributed by atoms with E-state index >= 15 is 0 Å². The van der Waals surface area contributed by atoms with Gasteiger partial charge in [0.2, 0.25) is 5.82 Å². The van der Waals surface area contributed by atoms with Crippen LogP contribution < -0.4 is 5.32 Å². The predicted molar refractivity (Wildman–Crippen MR) is 64.2 cm³/mol. The first-order valence-electron chi connectivity index (χ1n) is 5.02. The van der Waals surface area contributed by atoms with Crippen LogP contribution in [0.3, 0.4) is 0 Å². The molecule has 0 saturated heterocycles. The number of aryl methyl sites for hydroxylation is 1. The number of pyridine rings is 1. The van der Waals surface area contributed by atoms with Crippen LogP contribution in [0.4, 0.5) is 17.2 Å². The lowest BCUT2D eigenvalue weighted by molar-refractivity contribution is -0.384. The largest absolute Gasteiger partial charge is 0.334 e. The van der Waals surface area contributed by atoms with E-state index in [2.05, 4.69) is 16.4 Å². The summed E-state index contributed by atoms with van der Waals surface area (Å²) in [5.74, 6) is 0.245. The van der Waals surface area contributed by atoms with Crippen molar-refractivity contribution >= 4 is 17.2 Å². The quantitative estimate of drug-likeness (QED) is 0.647. The topological polar surface area (TPSA) is 68.1 Å². The second-order valence-corrected chi connectivity index (χ2v) is 3.49. The highest BCUT2D eigenvalue weighted by Gasteiger charge is 2.14. The summed E-state index contributed by atoms with van der Waals surface area (Å²) in [6.45, 7) is 1.78. The van der Waals surface area contributed by atoms with Crippen LogP contribution in [0.25, 0.3) is 0 Å². The Bertz CT molecular complexity index is 541. The van der Waals surface area contributed by atoms with Crippen LogP contribution in [-0.4, -0.2) is 9.91 Å². The predicted octanol–water partition coefficient (Wildman–Crippen LogP) is 2.84. The van der Waals surface area contributed by atoms with Crippen LogP contribution in [-0.2, 0) is 0 Å². The minimum absolute atomic E-state index is 0.0422. The van der Waals surface area contributed by atoms with Gasteiger partial charge in [-0.05, 0) is 31.2 Å². The van der Waals surface area contributed by atoms with E-state index in [9.17, 15) is 10.1 Å². The fourth-order valence-corrected chi connectivity index (χ4v) is 1.40. The van der Waals surface area contributed by atoms with Crippen LogP contribution in [0.5, 0.6) is 0 Å². The van der Waals surface area contributed by atoms with Crippen molar-refractivity contribution in [3.8, 4) is 0 Å². The van der Waals surface area contributed by atoms with Gasteiger partial charge in [-0.3, -0.25) is 10.1 Å². The maximum absolute atomic E-state index is 10.8. The summed E-state index contributed by atoms with van der Waals surface area (Å²) >= 11 is 0. The molecule has 0 saturated carbocycles. The molecule has 5 nitrogen and oxygen atoms in total. The highest BCUT2D eigenvalue weighted by atomic mass is 16.6. The van der Waals surface area contributed by atoms with Crippen molar-refractivity contribution in [3.05, 3.63) is 58.3 Å². The van der Waals surface area contributed by atoms with Gasteiger partial charge in [-0.1, -0.05) is 12.1 Å². The number of aromatic nitrogens is 1. The molecule has 0 aliphatic rings. The Morgan fingerprint density at radius 3 is 2.88 bits per heavy atom. The number of nitrogens with one attached hydrogen (secondary N) is 1. The number of anilines is 2. The van der Waals surface area contributed by atoms with Gasteiger partial charge in [0.1, 0.15) is 0 Å². The molecule has 0 unspecified atom stereocenters. The van der Waals surface area contributed by atoms with Gasteiger partial charge in [-0.15, -0.1) is 0 Å². The number of benzene rings is 1. The van der Waals surface area contributed by atoms with Crippen LogP contribution in [0.15, 0.2) is 36.4 Å². The van der Waals surface area contributed by atoms with E-state index in [1.54, 1.807) is 37.3 Å². The SMILES string of the molecule is Cc1ccc([N+](=O)[O-])c(Nc2c[c]ccc2)n1. The van der Waals surface area contributed by atoms with E-state index in [1.807, 2.05) is 0 Å². The van der Waals surface area contributed by atoms with Crippen LogP contribution in [0, 0.1) is 23.1 Å². The Hall–Kier alpha value is -2.43. The van der Waals surface area contributed by atoms with Crippen LogP contribution in [0.1, 0.15) is 5.69 Å². The first-order chi connectivity index (χ1) is 8.16. The summed E-state index contributed by atoms with van der Waals surface area (Å²) in [6.07, 6.45) is 0. The minimum Gasteiger partial charge on any atom is -0.334 e. The van der Waals surface area contributed by atoms with Gasteiger partial charge >= 0.3 is 5.69 Å². The molecule has 0 aliphatic carbocycles. The number of nitrogens with zero attached hydrogens (tertiary/aromatic N) is 2. The molecule has 2 aromatic rings. The van der Waals surface area contributed by atoms with Crippen molar-refractivity contribution in [1.82, 2.24) is 4.98 Å². The fourth-order valence-electron chi connectivity index (χ4n) is 1.40. The molecule has 1 heterocycles. The summed E-state index contributed by atoms with van der Waals surface area (Å²) in [6, 6.07) is 13.0. The van der Waals surface area contributed by atoms with Crippen molar-refractivity contribution < 1.29 is 4.92 Å². The van der Waals surface area contributed by atoms with Gasteiger partial charge in [0.25, 0.3) is 0 Å². The lowest BCUT2D eigenvalue weighted by Crippen LogP contribution is -2.00. The average Bonchev–Trinajstić information content (AvgIpc) is 2.30. The summed E-state index contributed by atoms with van der Waals surface area (Å²) in [5.41, 5.74) is 1.39. The Labute approximate surface area is 98.3 Å². The van der Waals surface area contributed by atoms with Gasteiger partial charge in [-0.2, -0.15) is 0 Å². The zero-order valence-corrected chi connectivity index (χ0v) is 9.18. The van der Waals surface area contributed by atoms with E-state index in [-0.39, 0.29) is 11.5 Å². The molecule has 1 N–H and O–H groups in total. The molecule has 0 bridgehead atoms. The van der Waals surface area contributed by atoms with Gasteiger partial charge in [0.05, 0.1) is 4.92 Å². The minimum atomic E-state index is -0.457. The average molecular weight is 228 g/mol. The Morgan fingerprint density at radius 2 is 2.24 bits per heavy atom.